The maximum absolute atomic E-state index is 12.9. The quantitative estimate of drug-likeness (QED) is 0.711. The highest BCUT2D eigenvalue weighted by molar-refractivity contribution is 7.91. The predicted octanol–water partition coefficient (Wildman–Crippen LogP) is 2.07. The van der Waals surface area contributed by atoms with E-state index in [4.69, 9.17) is 0 Å². The summed E-state index contributed by atoms with van der Waals surface area (Å²) in [5.74, 6) is -0.423. The first-order chi connectivity index (χ1) is 14.7. The van der Waals surface area contributed by atoms with Crippen LogP contribution in [-0.2, 0) is 38.8 Å². The Labute approximate surface area is 183 Å². The zero-order chi connectivity index (χ0) is 22.2. The molecule has 2 heterocycles. The summed E-state index contributed by atoms with van der Waals surface area (Å²) in [5.41, 5.74) is 4.75. The van der Waals surface area contributed by atoms with Gasteiger partial charge in [-0.2, -0.15) is 0 Å². The first-order valence-electron chi connectivity index (χ1n) is 10.5. The zero-order valence-corrected chi connectivity index (χ0v) is 18.7. The number of carbonyl (C=O) groups is 2. The Morgan fingerprint density at radius 2 is 1.74 bits per heavy atom. The molecule has 7 nitrogen and oxygen atoms in total. The topological polar surface area (TPSA) is 86.8 Å². The molecular weight excluding hydrogens is 414 g/mol. The Kier molecular flexibility index (Phi) is 5.75. The van der Waals surface area contributed by atoms with E-state index in [1.807, 2.05) is 43.3 Å². The second-order valence-corrected chi connectivity index (χ2v) is 10.4. The van der Waals surface area contributed by atoms with E-state index in [9.17, 15) is 18.0 Å². The average Bonchev–Trinajstić information content (AvgIpc) is 3.19. The highest BCUT2D eigenvalue weighted by Gasteiger charge is 2.32. The monoisotopic (exact) mass is 441 g/mol. The maximum Gasteiger partial charge on any atom is 0.227 e. The molecule has 0 radical (unpaired) electrons. The Hall–Kier alpha value is -2.87. The molecule has 0 spiro atoms. The fourth-order valence-electron chi connectivity index (χ4n) is 4.15. The van der Waals surface area contributed by atoms with E-state index >= 15 is 0 Å². The lowest BCUT2D eigenvalue weighted by Gasteiger charge is -2.25. The highest BCUT2D eigenvalue weighted by atomic mass is 32.2. The molecule has 2 aromatic carbocycles. The lowest BCUT2D eigenvalue weighted by molar-refractivity contribution is -0.121. The fraction of sp³-hybridized carbons (Fsp3) is 0.391. The molecule has 2 aliphatic rings. The molecule has 0 aliphatic carbocycles. The van der Waals surface area contributed by atoms with Crippen LogP contribution in [0.25, 0.3) is 0 Å². The van der Waals surface area contributed by atoms with Gasteiger partial charge in [-0.15, -0.1) is 0 Å². The average molecular weight is 442 g/mol. The molecule has 164 valence electrons. The molecule has 0 saturated carbocycles. The van der Waals surface area contributed by atoms with Crippen molar-refractivity contribution in [2.45, 2.75) is 37.1 Å². The van der Waals surface area contributed by atoms with Gasteiger partial charge >= 0.3 is 0 Å². The third-order valence-electron chi connectivity index (χ3n) is 5.92. The summed E-state index contributed by atoms with van der Waals surface area (Å²) in [4.78, 5) is 28.3. The van der Waals surface area contributed by atoms with Crippen LogP contribution in [-0.4, -0.2) is 46.6 Å². The van der Waals surface area contributed by atoms with E-state index in [-0.39, 0.29) is 28.9 Å². The van der Waals surface area contributed by atoms with Gasteiger partial charge in [-0.05, 0) is 53.8 Å². The molecule has 0 unspecified atom stereocenters. The van der Waals surface area contributed by atoms with Gasteiger partial charge in [0.15, 0.2) is 9.84 Å². The summed E-state index contributed by atoms with van der Waals surface area (Å²) >= 11 is 0. The molecule has 2 amide bonds. The van der Waals surface area contributed by atoms with Crippen LogP contribution in [0, 0.1) is 0 Å². The van der Waals surface area contributed by atoms with Gasteiger partial charge in [0, 0.05) is 45.7 Å². The Balaban J connectivity index is 1.37. The number of aryl methyl sites for hydroxylation is 1. The predicted molar refractivity (Wildman–Crippen MR) is 120 cm³/mol. The molecular formula is C23H27N3O4S. The minimum Gasteiger partial charge on any atom is -0.378 e. The van der Waals surface area contributed by atoms with Gasteiger partial charge in [-0.3, -0.25) is 9.59 Å². The molecule has 2 aromatic rings. The Morgan fingerprint density at radius 1 is 1.06 bits per heavy atom. The van der Waals surface area contributed by atoms with Crippen LogP contribution in [0.5, 0.6) is 0 Å². The molecule has 0 bridgehead atoms. The van der Waals surface area contributed by atoms with Gasteiger partial charge in [0.05, 0.1) is 16.3 Å². The zero-order valence-electron chi connectivity index (χ0n) is 17.8. The van der Waals surface area contributed by atoms with E-state index in [2.05, 4.69) is 5.32 Å². The van der Waals surface area contributed by atoms with Gasteiger partial charge in [-0.1, -0.05) is 12.1 Å². The SMILES string of the molecule is CN(C)c1ccc(CNC(=O)CCS(=O)(=O)c2cc3c4c(c2)CCN4C(=O)CC3)cc1. The van der Waals surface area contributed by atoms with Crippen molar-refractivity contribution in [3.8, 4) is 0 Å². The first kappa shape index (κ1) is 21.4. The summed E-state index contributed by atoms with van der Waals surface area (Å²) in [7, 11) is 0.338. The summed E-state index contributed by atoms with van der Waals surface area (Å²) in [6.07, 6.45) is 1.56. The molecule has 0 saturated heterocycles. The maximum atomic E-state index is 12.9. The lowest BCUT2D eigenvalue weighted by Crippen LogP contribution is -2.33. The van der Waals surface area contributed by atoms with Gasteiger partial charge in [-0.25, -0.2) is 8.42 Å². The second-order valence-electron chi connectivity index (χ2n) is 8.29. The van der Waals surface area contributed by atoms with E-state index < -0.39 is 9.84 Å². The van der Waals surface area contributed by atoms with Crippen molar-refractivity contribution in [3.05, 3.63) is 53.1 Å². The number of rotatable bonds is 7. The van der Waals surface area contributed by atoms with Crippen molar-refractivity contribution >= 4 is 33.0 Å². The Bertz CT molecular complexity index is 1120. The first-order valence-corrected chi connectivity index (χ1v) is 12.1. The van der Waals surface area contributed by atoms with Crippen LogP contribution >= 0.6 is 0 Å². The molecule has 0 aromatic heterocycles. The van der Waals surface area contributed by atoms with Crippen LogP contribution in [0.3, 0.4) is 0 Å². The van der Waals surface area contributed by atoms with Crippen molar-refractivity contribution in [2.75, 3.05) is 36.2 Å². The number of nitrogens with zero attached hydrogens (tertiary/aromatic N) is 2. The smallest absolute Gasteiger partial charge is 0.227 e. The molecule has 0 atom stereocenters. The van der Waals surface area contributed by atoms with Crippen molar-refractivity contribution in [1.82, 2.24) is 5.32 Å². The van der Waals surface area contributed by atoms with Crippen LogP contribution in [0.1, 0.15) is 29.5 Å². The minimum absolute atomic E-state index is 0.0882. The molecule has 4 rings (SSSR count). The van der Waals surface area contributed by atoms with Crippen molar-refractivity contribution in [2.24, 2.45) is 0 Å². The number of anilines is 2. The Morgan fingerprint density at radius 3 is 2.42 bits per heavy atom. The van der Waals surface area contributed by atoms with Crippen LogP contribution in [0.4, 0.5) is 11.4 Å². The molecule has 31 heavy (non-hydrogen) atoms. The van der Waals surface area contributed by atoms with Crippen LogP contribution in [0.15, 0.2) is 41.3 Å². The van der Waals surface area contributed by atoms with Crippen LogP contribution in [0.2, 0.25) is 0 Å². The third-order valence-corrected chi connectivity index (χ3v) is 7.62. The highest BCUT2D eigenvalue weighted by Crippen LogP contribution is 2.38. The van der Waals surface area contributed by atoms with Gasteiger partial charge in [0.2, 0.25) is 11.8 Å². The van der Waals surface area contributed by atoms with Gasteiger partial charge < -0.3 is 15.1 Å². The summed E-state index contributed by atoms with van der Waals surface area (Å²) < 4.78 is 25.8. The normalized spacial score (nSPS) is 15.0. The molecule has 8 heteroatoms. The minimum atomic E-state index is -3.58. The fourth-order valence-corrected chi connectivity index (χ4v) is 5.48. The third kappa shape index (κ3) is 4.44. The molecule has 1 N–H and O–H groups in total. The summed E-state index contributed by atoms with van der Waals surface area (Å²) in [6, 6.07) is 11.2. The molecule has 0 fully saturated rings. The van der Waals surface area contributed by atoms with Crippen LogP contribution < -0.4 is 15.1 Å². The number of carbonyl (C=O) groups excluding carboxylic acids is 2. The van der Waals surface area contributed by atoms with Crippen molar-refractivity contribution < 1.29 is 18.0 Å². The van der Waals surface area contributed by atoms with Crippen molar-refractivity contribution in [3.63, 3.8) is 0 Å². The lowest BCUT2D eigenvalue weighted by atomic mass is 10.00. The van der Waals surface area contributed by atoms with E-state index in [0.717, 1.165) is 28.1 Å². The van der Waals surface area contributed by atoms with Gasteiger partial charge in [0.25, 0.3) is 0 Å². The second kappa shape index (κ2) is 8.34. The number of nitrogens with one attached hydrogen (secondary N) is 1. The van der Waals surface area contributed by atoms with Gasteiger partial charge in [0.1, 0.15) is 0 Å². The van der Waals surface area contributed by atoms with Crippen molar-refractivity contribution in [1.29, 1.82) is 0 Å². The number of sulfone groups is 1. The van der Waals surface area contributed by atoms with E-state index in [1.54, 1.807) is 17.0 Å². The van der Waals surface area contributed by atoms with E-state index in [1.165, 1.54) is 0 Å². The summed E-state index contributed by atoms with van der Waals surface area (Å²) in [5, 5.41) is 2.79. The number of hydrogen-bond acceptors (Lipinski definition) is 5. The number of benzene rings is 2. The standard InChI is InChI=1S/C23H27N3O4S/c1-25(2)19-6-3-16(4-7-19)15-24-21(27)10-12-31(29,30)20-13-17-5-8-22(28)26-11-9-18(14-20)23(17)26/h3-4,6-7,13-14H,5,8-12,15H2,1-2H3,(H,24,27). The van der Waals surface area contributed by atoms with E-state index in [0.29, 0.717) is 32.4 Å². The molecule has 2 aliphatic heterocycles. The number of hydrogen-bond donors (Lipinski definition) is 1. The number of amides is 2. The summed E-state index contributed by atoms with van der Waals surface area (Å²) in [6.45, 7) is 0.974. The largest absolute Gasteiger partial charge is 0.378 e.